The minimum atomic E-state index is -0.604. The summed E-state index contributed by atoms with van der Waals surface area (Å²) in [7, 11) is 0. The SMILES string of the molecule is Cc1ccc2oc3c(c(=O)c2c1)[C@H](c1ccc(Cl)c(Cl)c1)N(C[C@@H]1CCCO1)C3=O. The van der Waals surface area contributed by atoms with Crippen molar-refractivity contribution in [1.82, 2.24) is 4.90 Å². The molecule has 0 radical (unpaired) electrons. The van der Waals surface area contributed by atoms with Crippen LogP contribution in [0.2, 0.25) is 10.0 Å². The molecule has 30 heavy (non-hydrogen) atoms. The molecule has 2 aliphatic rings. The smallest absolute Gasteiger partial charge is 0.291 e. The molecule has 1 fully saturated rings. The van der Waals surface area contributed by atoms with Gasteiger partial charge in [0.2, 0.25) is 5.76 Å². The zero-order chi connectivity index (χ0) is 21.0. The summed E-state index contributed by atoms with van der Waals surface area (Å²) in [6.07, 6.45) is 1.76. The monoisotopic (exact) mass is 443 g/mol. The summed E-state index contributed by atoms with van der Waals surface area (Å²) in [6.45, 7) is 2.97. The minimum absolute atomic E-state index is 0.0692. The lowest BCUT2D eigenvalue weighted by atomic mass is 9.98. The number of hydrogen-bond donors (Lipinski definition) is 0. The summed E-state index contributed by atoms with van der Waals surface area (Å²) < 4.78 is 11.7. The van der Waals surface area contributed by atoms with E-state index >= 15 is 0 Å². The average Bonchev–Trinajstić information content (AvgIpc) is 3.33. The summed E-state index contributed by atoms with van der Waals surface area (Å²) in [5, 5.41) is 1.25. The molecule has 0 spiro atoms. The van der Waals surface area contributed by atoms with Gasteiger partial charge in [-0.3, -0.25) is 9.59 Å². The number of benzene rings is 2. The molecule has 0 N–H and O–H groups in total. The van der Waals surface area contributed by atoms with Crippen LogP contribution in [0.4, 0.5) is 0 Å². The third-order valence-electron chi connectivity index (χ3n) is 5.80. The van der Waals surface area contributed by atoms with Crippen LogP contribution in [-0.4, -0.2) is 30.1 Å². The second-order valence-electron chi connectivity index (χ2n) is 7.84. The molecule has 0 aliphatic carbocycles. The van der Waals surface area contributed by atoms with Gasteiger partial charge in [0.1, 0.15) is 5.58 Å². The zero-order valence-electron chi connectivity index (χ0n) is 16.3. The molecule has 5 nitrogen and oxygen atoms in total. The molecule has 0 bridgehead atoms. The van der Waals surface area contributed by atoms with Crippen molar-refractivity contribution in [2.24, 2.45) is 0 Å². The van der Waals surface area contributed by atoms with Crippen molar-refractivity contribution in [2.45, 2.75) is 31.9 Å². The van der Waals surface area contributed by atoms with E-state index in [2.05, 4.69) is 0 Å². The number of ether oxygens (including phenoxy) is 1. The van der Waals surface area contributed by atoms with Gasteiger partial charge in [0.05, 0.1) is 33.1 Å². The van der Waals surface area contributed by atoms with Gasteiger partial charge >= 0.3 is 0 Å². The predicted octanol–water partition coefficient (Wildman–Crippen LogP) is 5.13. The van der Waals surface area contributed by atoms with E-state index in [1.807, 2.05) is 13.0 Å². The Kier molecular flexibility index (Phi) is 4.85. The van der Waals surface area contributed by atoms with E-state index in [0.717, 1.165) is 18.4 Å². The van der Waals surface area contributed by atoms with Crippen LogP contribution in [-0.2, 0) is 4.74 Å². The number of rotatable bonds is 3. The fraction of sp³-hybridized carbons (Fsp3) is 0.304. The third-order valence-corrected chi connectivity index (χ3v) is 6.54. The summed E-state index contributed by atoms with van der Waals surface area (Å²) in [6, 6.07) is 9.96. The maximum atomic E-state index is 13.5. The van der Waals surface area contributed by atoms with Crippen LogP contribution in [0.15, 0.2) is 45.6 Å². The van der Waals surface area contributed by atoms with E-state index in [4.69, 9.17) is 32.4 Å². The summed E-state index contributed by atoms with van der Waals surface area (Å²) >= 11 is 12.4. The van der Waals surface area contributed by atoms with Crippen molar-refractivity contribution in [3.63, 3.8) is 0 Å². The molecule has 1 saturated heterocycles. The van der Waals surface area contributed by atoms with Gasteiger partial charge in [-0.2, -0.15) is 0 Å². The number of fused-ring (bicyclic) bond motifs is 2. The summed E-state index contributed by atoms with van der Waals surface area (Å²) in [5.74, 6) is -0.221. The molecule has 7 heteroatoms. The van der Waals surface area contributed by atoms with Gasteiger partial charge in [0.15, 0.2) is 5.43 Å². The molecule has 5 rings (SSSR count). The van der Waals surface area contributed by atoms with Gasteiger partial charge in [-0.1, -0.05) is 40.9 Å². The zero-order valence-corrected chi connectivity index (χ0v) is 17.8. The number of halogens is 2. The topological polar surface area (TPSA) is 59.8 Å². The number of nitrogens with zero attached hydrogens (tertiary/aromatic N) is 1. The number of aryl methyl sites for hydroxylation is 1. The van der Waals surface area contributed by atoms with Gasteiger partial charge in [-0.15, -0.1) is 0 Å². The Morgan fingerprint density at radius 3 is 2.67 bits per heavy atom. The second-order valence-corrected chi connectivity index (χ2v) is 8.66. The van der Waals surface area contributed by atoms with Gasteiger partial charge in [0, 0.05) is 13.2 Å². The van der Waals surface area contributed by atoms with Crippen LogP contribution in [0.3, 0.4) is 0 Å². The third kappa shape index (κ3) is 3.13. The highest BCUT2D eigenvalue weighted by molar-refractivity contribution is 6.42. The van der Waals surface area contributed by atoms with E-state index in [9.17, 15) is 9.59 Å². The molecular weight excluding hydrogens is 425 g/mol. The number of carbonyl (C=O) groups is 1. The first-order valence-corrected chi connectivity index (χ1v) is 10.6. The van der Waals surface area contributed by atoms with Crippen molar-refractivity contribution in [1.29, 1.82) is 0 Å². The van der Waals surface area contributed by atoms with E-state index in [-0.39, 0.29) is 23.2 Å². The highest BCUT2D eigenvalue weighted by atomic mass is 35.5. The second kappa shape index (κ2) is 7.41. The van der Waals surface area contributed by atoms with Crippen molar-refractivity contribution in [3.8, 4) is 0 Å². The van der Waals surface area contributed by atoms with Crippen LogP contribution >= 0.6 is 23.2 Å². The van der Waals surface area contributed by atoms with Crippen molar-refractivity contribution in [2.75, 3.05) is 13.2 Å². The molecule has 2 atom stereocenters. The molecule has 3 heterocycles. The van der Waals surface area contributed by atoms with Gasteiger partial charge < -0.3 is 14.1 Å². The summed E-state index contributed by atoms with van der Waals surface area (Å²) in [4.78, 5) is 28.5. The lowest BCUT2D eigenvalue weighted by Crippen LogP contribution is -2.36. The van der Waals surface area contributed by atoms with Crippen LogP contribution in [0.5, 0.6) is 0 Å². The molecule has 0 saturated carbocycles. The molecule has 3 aromatic rings. The molecule has 2 aromatic carbocycles. The van der Waals surface area contributed by atoms with Gasteiger partial charge in [-0.25, -0.2) is 0 Å². The Hall–Kier alpha value is -2.34. The Balaban J connectivity index is 1.72. The van der Waals surface area contributed by atoms with Crippen molar-refractivity contribution >= 4 is 40.1 Å². The Morgan fingerprint density at radius 1 is 1.10 bits per heavy atom. The van der Waals surface area contributed by atoms with Crippen LogP contribution in [0.1, 0.15) is 46.1 Å². The van der Waals surface area contributed by atoms with E-state index in [0.29, 0.717) is 45.3 Å². The molecular formula is C23H19Cl2NO4. The quantitative estimate of drug-likeness (QED) is 0.562. The van der Waals surface area contributed by atoms with Crippen LogP contribution < -0.4 is 5.43 Å². The Bertz CT molecular complexity index is 1230. The molecule has 2 aliphatic heterocycles. The molecule has 1 amide bonds. The van der Waals surface area contributed by atoms with Crippen LogP contribution in [0.25, 0.3) is 11.0 Å². The fourth-order valence-electron chi connectivity index (χ4n) is 4.36. The molecule has 154 valence electrons. The Labute approximate surface area is 183 Å². The van der Waals surface area contributed by atoms with Crippen LogP contribution in [0, 0.1) is 6.92 Å². The van der Waals surface area contributed by atoms with E-state index < -0.39 is 6.04 Å². The van der Waals surface area contributed by atoms with E-state index in [1.54, 1.807) is 35.2 Å². The van der Waals surface area contributed by atoms with E-state index in [1.165, 1.54) is 0 Å². The first-order valence-electron chi connectivity index (χ1n) is 9.89. The predicted molar refractivity (Wildman–Crippen MR) is 116 cm³/mol. The van der Waals surface area contributed by atoms with Gasteiger partial charge in [-0.05, 0) is 49.6 Å². The molecule has 1 aromatic heterocycles. The van der Waals surface area contributed by atoms with Crippen molar-refractivity contribution < 1.29 is 13.9 Å². The standard InChI is InChI=1S/C23H19Cl2NO4/c1-12-4-7-18-15(9-12)21(27)19-20(13-5-6-16(24)17(25)10-13)26(23(28)22(19)30-18)11-14-3-2-8-29-14/h4-7,9-10,14,20H,2-3,8,11H2,1H3/t14-,20-/m0/s1. The number of amides is 1. The minimum Gasteiger partial charge on any atom is -0.450 e. The van der Waals surface area contributed by atoms with Crippen molar-refractivity contribution in [3.05, 3.63) is 79.1 Å². The Morgan fingerprint density at radius 2 is 1.93 bits per heavy atom. The maximum absolute atomic E-state index is 13.5. The maximum Gasteiger partial charge on any atom is 0.291 e. The lowest BCUT2D eigenvalue weighted by Gasteiger charge is -2.27. The van der Waals surface area contributed by atoms with Gasteiger partial charge in [0.25, 0.3) is 5.91 Å². The number of carbonyl (C=O) groups excluding carboxylic acids is 1. The highest BCUT2D eigenvalue weighted by Crippen LogP contribution is 2.40. The lowest BCUT2D eigenvalue weighted by molar-refractivity contribution is 0.0486. The first kappa shape index (κ1) is 19.6. The normalized spacial score (nSPS) is 20.9. The summed E-state index contributed by atoms with van der Waals surface area (Å²) in [5.41, 5.74) is 2.21. The molecule has 0 unspecified atom stereocenters. The fourth-order valence-corrected chi connectivity index (χ4v) is 4.67. The first-order chi connectivity index (χ1) is 14.4. The highest BCUT2D eigenvalue weighted by Gasteiger charge is 2.44. The average molecular weight is 444 g/mol. The largest absolute Gasteiger partial charge is 0.450 e. The number of hydrogen-bond acceptors (Lipinski definition) is 4.